The first-order valence-electron chi connectivity index (χ1n) is 5.19. The van der Waals surface area contributed by atoms with E-state index in [4.69, 9.17) is 14.6 Å². The van der Waals surface area contributed by atoms with E-state index in [-0.39, 0.29) is 6.61 Å². The van der Waals surface area contributed by atoms with Gasteiger partial charge in [0.25, 0.3) is 0 Å². The molecular formula is C13H18O3. The van der Waals surface area contributed by atoms with Gasteiger partial charge >= 0.3 is 0 Å². The van der Waals surface area contributed by atoms with Crippen molar-refractivity contribution in [1.29, 1.82) is 0 Å². The number of hydrogen-bond acceptors (Lipinski definition) is 3. The van der Waals surface area contributed by atoms with Crippen molar-refractivity contribution in [3.05, 3.63) is 35.4 Å². The summed E-state index contributed by atoms with van der Waals surface area (Å²) in [4.78, 5) is 0. The number of aliphatic hydroxyl groups is 1. The standard InChI is InChI=1S/C13H18O3/c1-10(9-14)7-8-11-12(15-2)5-4-6-13(11)16-3/h4-7,14H,8-9H2,1-3H3. The molecule has 3 nitrogen and oxygen atoms in total. The van der Waals surface area contributed by atoms with Gasteiger partial charge in [0.15, 0.2) is 0 Å². The van der Waals surface area contributed by atoms with E-state index in [1.54, 1.807) is 14.2 Å². The predicted octanol–water partition coefficient (Wildman–Crippen LogP) is 2.18. The van der Waals surface area contributed by atoms with Crippen LogP contribution in [0.15, 0.2) is 29.8 Å². The molecule has 0 atom stereocenters. The van der Waals surface area contributed by atoms with Gasteiger partial charge in [-0.1, -0.05) is 17.7 Å². The fraction of sp³-hybridized carbons (Fsp3) is 0.385. The zero-order valence-corrected chi connectivity index (χ0v) is 9.99. The third-order valence-electron chi connectivity index (χ3n) is 2.43. The number of benzene rings is 1. The maximum absolute atomic E-state index is 8.93. The van der Waals surface area contributed by atoms with Gasteiger partial charge in [-0.3, -0.25) is 0 Å². The van der Waals surface area contributed by atoms with Gasteiger partial charge in [-0.2, -0.15) is 0 Å². The van der Waals surface area contributed by atoms with E-state index in [1.165, 1.54) is 0 Å². The number of aliphatic hydroxyl groups excluding tert-OH is 1. The van der Waals surface area contributed by atoms with Crippen LogP contribution in [0.3, 0.4) is 0 Å². The molecule has 0 unspecified atom stereocenters. The first-order valence-corrected chi connectivity index (χ1v) is 5.19. The van der Waals surface area contributed by atoms with E-state index in [9.17, 15) is 0 Å². The third-order valence-corrected chi connectivity index (χ3v) is 2.43. The molecule has 0 radical (unpaired) electrons. The van der Waals surface area contributed by atoms with Gasteiger partial charge < -0.3 is 14.6 Å². The number of allylic oxidation sites excluding steroid dienone is 1. The zero-order valence-electron chi connectivity index (χ0n) is 9.99. The van der Waals surface area contributed by atoms with Gasteiger partial charge in [-0.25, -0.2) is 0 Å². The van der Waals surface area contributed by atoms with Crippen molar-refractivity contribution in [1.82, 2.24) is 0 Å². The molecular weight excluding hydrogens is 204 g/mol. The van der Waals surface area contributed by atoms with E-state index in [2.05, 4.69) is 0 Å². The summed E-state index contributed by atoms with van der Waals surface area (Å²) in [5, 5.41) is 8.93. The number of hydrogen-bond donors (Lipinski definition) is 1. The maximum atomic E-state index is 8.93. The first-order chi connectivity index (χ1) is 7.72. The molecule has 0 aliphatic heterocycles. The Bertz CT molecular complexity index is 347. The van der Waals surface area contributed by atoms with Crippen molar-refractivity contribution < 1.29 is 14.6 Å². The molecule has 3 heteroatoms. The molecule has 16 heavy (non-hydrogen) atoms. The quantitative estimate of drug-likeness (QED) is 0.776. The Kier molecular flexibility index (Phi) is 4.86. The van der Waals surface area contributed by atoms with Crippen molar-refractivity contribution in [2.75, 3.05) is 20.8 Å². The average Bonchev–Trinajstić information content (AvgIpc) is 2.35. The number of ether oxygens (including phenoxy) is 2. The van der Waals surface area contributed by atoms with Crippen LogP contribution in [-0.2, 0) is 6.42 Å². The zero-order chi connectivity index (χ0) is 12.0. The fourth-order valence-electron chi connectivity index (χ4n) is 1.47. The molecule has 0 aliphatic rings. The number of rotatable bonds is 5. The molecule has 0 spiro atoms. The highest BCUT2D eigenvalue weighted by Crippen LogP contribution is 2.29. The van der Waals surface area contributed by atoms with E-state index in [1.807, 2.05) is 31.2 Å². The molecule has 0 saturated carbocycles. The van der Waals surface area contributed by atoms with E-state index < -0.39 is 0 Å². The lowest BCUT2D eigenvalue weighted by molar-refractivity contribution is 0.331. The minimum absolute atomic E-state index is 0.0808. The Morgan fingerprint density at radius 3 is 2.25 bits per heavy atom. The van der Waals surface area contributed by atoms with Crippen LogP contribution in [0.5, 0.6) is 11.5 Å². The molecule has 0 aliphatic carbocycles. The summed E-state index contributed by atoms with van der Waals surface area (Å²) >= 11 is 0. The summed E-state index contributed by atoms with van der Waals surface area (Å²) in [7, 11) is 3.28. The molecule has 1 N–H and O–H groups in total. The highest BCUT2D eigenvalue weighted by atomic mass is 16.5. The van der Waals surface area contributed by atoms with Crippen LogP contribution in [0.4, 0.5) is 0 Å². The smallest absolute Gasteiger partial charge is 0.126 e. The minimum Gasteiger partial charge on any atom is -0.496 e. The molecule has 0 bridgehead atoms. The third kappa shape index (κ3) is 3.00. The number of methoxy groups -OCH3 is 2. The Morgan fingerprint density at radius 2 is 1.81 bits per heavy atom. The van der Waals surface area contributed by atoms with Gasteiger partial charge in [0, 0.05) is 5.56 Å². The van der Waals surface area contributed by atoms with Crippen LogP contribution in [0, 0.1) is 0 Å². The molecule has 88 valence electrons. The van der Waals surface area contributed by atoms with Crippen LogP contribution in [0.25, 0.3) is 0 Å². The summed E-state index contributed by atoms with van der Waals surface area (Å²) in [5.41, 5.74) is 1.94. The topological polar surface area (TPSA) is 38.7 Å². The first kappa shape index (κ1) is 12.6. The minimum atomic E-state index is 0.0808. The van der Waals surface area contributed by atoms with Gasteiger partial charge in [-0.05, 0) is 25.5 Å². The van der Waals surface area contributed by atoms with Crippen LogP contribution in [-0.4, -0.2) is 25.9 Å². The molecule has 1 aromatic carbocycles. The molecule has 0 aromatic heterocycles. The van der Waals surface area contributed by atoms with Crippen molar-refractivity contribution in [3.63, 3.8) is 0 Å². The van der Waals surface area contributed by atoms with Crippen LogP contribution >= 0.6 is 0 Å². The lowest BCUT2D eigenvalue weighted by Crippen LogP contribution is -1.96. The normalized spacial score (nSPS) is 11.4. The summed E-state index contributed by atoms with van der Waals surface area (Å²) in [6, 6.07) is 5.70. The van der Waals surface area contributed by atoms with Crippen molar-refractivity contribution in [3.8, 4) is 11.5 Å². The molecule has 1 rings (SSSR count). The maximum Gasteiger partial charge on any atom is 0.126 e. The highest BCUT2D eigenvalue weighted by molar-refractivity contribution is 5.46. The van der Waals surface area contributed by atoms with Crippen molar-refractivity contribution >= 4 is 0 Å². The van der Waals surface area contributed by atoms with E-state index in [0.29, 0.717) is 6.42 Å². The van der Waals surface area contributed by atoms with Gasteiger partial charge in [-0.15, -0.1) is 0 Å². The SMILES string of the molecule is COc1cccc(OC)c1CC=C(C)CO. The molecule has 1 aromatic rings. The summed E-state index contributed by atoms with van der Waals surface area (Å²) < 4.78 is 10.6. The van der Waals surface area contributed by atoms with Crippen LogP contribution in [0.2, 0.25) is 0 Å². The Hall–Kier alpha value is -1.48. The lowest BCUT2D eigenvalue weighted by Gasteiger charge is -2.11. The largest absolute Gasteiger partial charge is 0.496 e. The Morgan fingerprint density at radius 1 is 1.25 bits per heavy atom. The summed E-state index contributed by atoms with van der Waals surface area (Å²) in [5.74, 6) is 1.61. The van der Waals surface area contributed by atoms with Crippen LogP contribution < -0.4 is 9.47 Å². The summed E-state index contributed by atoms with van der Waals surface area (Å²) in [6.07, 6.45) is 2.67. The monoisotopic (exact) mass is 222 g/mol. The second-order valence-electron chi connectivity index (χ2n) is 3.55. The Balaban J connectivity index is 2.99. The lowest BCUT2D eigenvalue weighted by atomic mass is 10.1. The Labute approximate surface area is 96.3 Å². The second-order valence-corrected chi connectivity index (χ2v) is 3.55. The molecule has 0 saturated heterocycles. The van der Waals surface area contributed by atoms with Gasteiger partial charge in [0.2, 0.25) is 0 Å². The molecule has 0 heterocycles. The fourth-order valence-corrected chi connectivity index (χ4v) is 1.47. The average molecular weight is 222 g/mol. The highest BCUT2D eigenvalue weighted by Gasteiger charge is 2.07. The van der Waals surface area contributed by atoms with Crippen LogP contribution in [0.1, 0.15) is 12.5 Å². The van der Waals surface area contributed by atoms with E-state index >= 15 is 0 Å². The van der Waals surface area contributed by atoms with Gasteiger partial charge in [0.05, 0.1) is 20.8 Å². The van der Waals surface area contributed by atoms with Crippen molar-refractivity contribution in [2.45, 2.75) is 13.3 Å². The van der Waals surface area contributed by atoms with Crippen molar-refractivity contribution in [2.24, 2.45) is 0 Å². The predicted molar refractivity (Wildman–Crippen MR) is 64.1 cm³/mol. The molecule has 0 fully saturated rings. The molecule has 0 amide bonds. The van der Waals surface area contributed by atoms with Gasteiger partial charge in [0.1, 0.15) is 11.5 Å². The second kappa shape index (κ2) is 6.18. The summed E-state index contributed by atoms with van der Waals surface area (Å²) in [6.45, 7) is 1.97. The van der Waals surface area contributed by atoms with E-state index in [0.717, 1.165) is 22.6 Å².